The predicted octanol–water partition coefficient (Wildman–Crippen LogP) is 5.34. The molecule has 0 amide bonds. The van der Waals surface area contributed by atoms with Crippen molar-refractivity contribution in [2.75, 3.05) is 18.2 Å². The minimum atomic E-state index is -0.451. The fraction of sp³-hybridized carbons (Fsp3) is 0.0909. The van der Waals surface area contributed by atoms with Gasteiger partial charge in [0.2, 0.25) is 0 Å². The molecule has 0 radical (unpaired) electrons. The normalized spacial score (nSPS) is 10.8. The molecule has 1 aromatic heterocycles. The van der Waals surface area contributed by atoms with Gasteiger partial charge in [-0.15, -0.1) is 0 Å². The van der Waals surface area contributed by atoms with Crippen molar-refractivity contribution in [2.45, 2.75) is 6.61 Å². The summed E-state index contributed by atoms with van der Waals surface area (Å²) in [6.45, 7) is 0.282. The van der Waals surface area contributed by atoms with Crippen LogP contribution >= 0.6 is 11.6 Å². The first kappa shape index (κ1) is 19.7. The van der Waals surface area contributed by atoms with E-state index in [4.69, 9.17) is 26.8 Å². The summed E-state index contributed by atoms with van der Waals surface area (Å²) in [6.07, 6.45) is 1.48. The molecular formula is C22H18ClFN4O2. The number of hydrogen-bond donors (Lipinski definition) is 2. The number of nitrogens with zero attached hydrogens (tertiary/aromatic N) is 2. The maximum atomic E-state index is 13.2. The van der Waals surface area contributed by atoms with Crippen LogP contribution < -0.4 is 20.5 Å². The summed E-state index contributed by atoms with van der Waals surface area (Å²) < 4.78 is 24.2. The fourth-order valence-corrected chi connectivity index (χ4v) is 3.15. The molecule has 3 N–H and O–H groups in total. The van der Waals surface area contributed by atoms with Crippen molar-refractivity contribution >= 4 is 39.7 Å². The molecule has 0 unspecified atom stereocenters. The van der Waals surface area contributed by atoms with E-state index < -0.39 is 5.82 Å². The summed E-state index contributed by atoms with van der Waals surface area (Å²) in [4.78, 5) is 8.59. The molecule has 0 aliphatic carbocycles. The van der Waals surface area contributed by atoms with Gasteiger partial charge in [0.1, 0.15) is 36.1 Å². The molecule has 0 spiro atoms. The third-order valence-corrected chi connectivity index (χ3v) is 4.78. The number of aromatic nitrogens is 2. The Morgan fingerprint density at radius 3 is 2.60 bits per heavy atom. The first-order valence-electron chi connectivity index (χ1n) is 9.05. The lowest BCUT2D eigenvalue weighted by atomic mass is 10.2. The van der Waals surface area contributed by atoms with Crippen LogP contribution in [0, 0.1) is 5.82 Å². The minimum absolute atomic E-state index is 0.0750. The Balaban J connectivity index is 1.48. The molecule has 4 aromatic rings. The van der Waals surface area contributed by atoms with E-state index in [2.05, 4.69) is 15.3 Å². The summed E-state index contributed by atoms with van der Waals surface area (Å²) in [5.74, 6) is 1.41. The van der Waals surface area contributed by atoms with Crippen molar-refractivity contribution in [3.63, 3.8) is 0 Å². The lowest BCUT2D eigenvalue weighted by Crippen LogP contribution is -1.99. The zero-order chi connectivity index (χ0) is 21.1. The lowest BCUT2D eigenvalue weighted by molar-refractivity contribution is 0.306. The molecule has 1 heterocycles. The molecule has 0 saturated carbocycles. The zero-order valence-electron chi connectivity index (χ0n) is 16.0. The summed E-state index contributed by atoms with van der Waals surface area (Å²) in [6, 6.07) is 15.5. The van der Waals surface area contributed by atoms with Crippen LogP contribution in [0.1, 0.15) is 5.56 Å². The van der Waals surface area contributed by atoms with Gasteiger partial charge in [0.15, 0.2) is 0 Å². The van der Waals surface area contributed by atoms with E-state index in [-0.39, 0.29) is 11.6 Å². The lowest BCUT2D eigenvalue weighted by Gasteiger charge is -2.12. The highest BCUT2D eigenvalue weighted by Crippen LogP contribution is 2.31. The summed E-state index contributed by atoms with van der Waals surface area (Å²) in [5.41, 5.74) is 8.85. The molecule has 152 valence electrons. The van der Waals surface area contributed by atoms with Crippen LogP contribution in [0.2, 0.25) is 5.02 Å². The highest BCUT2D eigenvalue weighted by molar-refractivity contribution is 6.30. The Morgan fingerprint density at radius 1 is 1.07 bits per heavy atom. The number of methoxy groups -OCH3 is 1. The van der Waals surface area contributed by atoms with Crippen molar-refractivity contribution in [1.29, 1.82) is 0 Å². The molecule has 0 aliphatic heterocycles. The van der Waals surface area contributed by atoms with Crippen LogP contribution in [0.15, 0.2) is 60.9 Å². The zero-order valence-corrected chi connectivity index (χ0v) is 16.8. The highest BCUT2D eigenvalue weighted by Gasteiger charge is 2.09. The second-order valence-electron chi connectivity index (χ2n) is 6.52. The van der Waals surface area contributed by atoms with Crippen LogP contribution in [-0.4, -0.2) is 17.1 Å². The number of nitrogens with one attached hydrogen (secondary N) is 1. The molecular weight excluding hydrogens is 407 g/mol. The van der Waals surface area contributed by atoms with E-state index in [1.165, 1.54) is 12.4 Å². The number of fused-ring (bicyclic) bond motifs is 1. The molecule has 0 bridgehead atoms. The maximum absolute atomic E-state index is 13.2. The number of nitrogens with two attached hydrogens (primary N) is 1. The van der Waals surface area contributed by atoms with E-state index in [0.717, 1.165) is 22.2 Å². The van der Waals surface area contributed by atoms with Crippen molar-refractivity contribution in [2.24, 2.45) is 0 Å². The molecule has 0 aliphatic rings. The van der Waals surface area contributed by atoms with Gasteiger partial charge >= 0.3 is 0 Å². The number of anilines is 3. The second-order valence-corrected chi connectivity index (χ2v) is 6.93. The minimum Gasteiger partial charge on any atom is -0.495 e. The van der Waals surface area contributed by atoms with E-state index >= 15 is 0 Å². The van der Waals surface area contributed by atoms with Gasteiger partial charge in [0.25, 0.3) is 0 Å². The third kappa shape index (κ3) is 4.21. The third-order valence-electron chi connectivity index (χ3n) is 4.49. The number of nitrogen functional groups attached to an aromatic ring is 1. The van der Waals surface area contributed by atoms with E-state index in [1.807, 2.05) is 24.3 Å². The topological polar surface area (TPSA) is 82.3 Å². The Morgan fingerprint density at radius 2 is 1.87 bits per heavy atom. The average Bonchev–Trinajstić information content (AvgIpc) is 2.75. The highest BCUT2D eigenvalue weighted by atomic mass is 35.5. The monoisotopic (exact) mass is 424 g/mol. The van der Waals surface area contributed by atoms with Gasteiger partial charge < -0.3 is 20.5 Å². The number of rotatable bonds is 6. The summed E-state index contributed by atoms with van der Waals surface area (Å²) >= 11 is 5.80. The Hall–Kier alpha value is -3.58. The standard InChI is InChI=1S/C22H18ClFN4O2/c1-29-21-10-20-16(9-19(21)25)22(27-12-26-20)28-14-3-5-15(6-4-14)30-11-13-2-7-18(24)17(23)8-13/h2-10,12H,11,25H2,1H3,(H,26,27,28). The molecule has 30 heavy (non-hydrogen) atoms. The van der Waals surface area contributed by atoms with Gasteiger partial charge in [-0.05, 0) is 48.0 Å². The smallest absolute Gasteiger partial charge is 0.143 e. The van der Waals surface area contributed by atoms with Crippen LogP contribution in [0.4, 0.5) is 21.6 Å². The Labute approximate surface area is 177 Å². The van der Waals surface area contributed by atoms with Gasteiger partial charge in [-0.3, -0.25) is 0 Å². The van der Waals surface area contributed by atoms with Crippen LogP contribution in [0.3, 0.4) is 0 Å². The average molecular weight is 425 g/mol. The van der Waals surface area contributed by atoms with E-state index in [0.29, 0.717) is 23.0 Å². The van der Waals surface area contributed by atoms with Crippen LogP contribution in [0.25, 0.3) is 10.9 Å². The van der Waals surface area contributed by atoms with Crippen molar-refractivity contribution in [3.8, 4) is 11.5 Å². The first-order valence-corrected chi connectivity index (χ1v) is 9.43. The molecule has 3 aromatic carbocycles. The Kier molecular flexibility index (Phi) is 5.54. The van der Waals surface area contributed by atoms with Gasteiger partial charge in [0, 0.05) is 17.1 Å². The number of hydrogen-bond acceptors (Lipinski definition) is 6. The second kappa shape index (κ2) is 8.42. The first-order chi connectivity index (χ1) is 14.5. The van der Waals surface area contributed by atoms with Crippen LogP contribution in [0.5, 0.6) is 11.5 Å². The molecule has 0 fully saturated rings. The number of ether oxygens (including phenoxy) is 2. The van der Waals surface area contributed by atoms with Gasteiger partial charge in [-0.2, -0.15) is 0 Å². The molecule has 6 nitrogen and oxygen atoms in total. The SMILES string of the molecule is COc1cc2ncnc(Nc3ccc(OCc4ccc(F)c(Cl)c4)cc3)c2cc1N. The molecule has 8 heteroatoms. The van der Waals surface area contributed by atoms with Gasteiger partial charge in [0.05, 0.1) is 23.3 Å². The molecule has 4 rings (SSSR count). The van der Waals surface area contributed by atoms with E-state index in [1.54, 1.807) is 31.4 Å². The van der Waals surface area contributed by atoms with Gasteiger partial charge in [-0.25, -0.2) is 14.4 Å². The Bertz CT molecular complexity index is 1200. The number of halogens is 2. The van der Waals surface area contributed by atoms with Crippen molar-refractivity contribution in [1.82, 2.24) is 9.97 Å². The van der Waals surface area contributed by atoms with Crippen LogP contribution in [-0.2, 0) is 6.61 Å². The quantitative estimate of drug-likeness (QED) is 0.407. The number of benzene rings is 3. The molecule has 0 saturated heterocycles. The largest absolute Gasteiger partial charge is 0.495 e. The summed E-state index contributed by atoms with van der Waals surface area (Å²) in [7, 11) is 1.56. The van der Waals surface area contributed by atoms with Crippen molar-refractivity contribution in [3.05, 3.63) is 77.3 Å². The summed E-state index contributed by atoms with van der Waals surface area (Å²) in [5, 5.41) is 4.12. The maximum Gasteiger partial charge on any atom is 0.143 e. The predicted molar refractivity (Wildman–Crippen MR) is 116 cm³/mol. The van der Waals surface area contributed by atoms with E-state index in [9.17, 15) is 4.39 Å². The fourth-order valence-electron chi connectivity index (χ4n) is 2.94. The van der Waals surface area contributed by atoms with Crippen molar-refractivity contribution < 1.29 is 13.9 Å². The molecule has 0 atom stereocenters. The van der Waals surface area contributed by atoms with Gasteiger partial charge in [-0.1, -0.05) is 17.7 Å².